The van der Waals surface area contributed by atoms with Gasteiger partial charge in [0.1, 0.15) is 10.6 Å². The summed E-state index contributed by atoms with van der Waals surface area (Å²) in [5.41, 5.74) is 0.593. The summed E-state index contributed by atoms with van der Waals surface area (Å²) in [5, 5.41) is 0.917. The molecule has 0 aromatic carbocycles. The first kappa shape index (κ1) is 13.7. The van der Waals surface area contributed by atoms with Crippen LogP contribution in [-0.2, 0) is 16.8 Å². The van der Waals surface area contributed by atoms with E-state index in [0.717, 1.165) is 22.0 Å². The normalized spacial score (nSPS) is 18.8. The molecule has 0 saturated heterocycles. The van der Waals surface area contributed by atoms with Crippen molar-refractivity contribution in [2.75, 3.05) is 6.61 Å². The van der Waals surface area contributed by atoms with Crippen molar-refractivity contribution in [3.63, 3.8) is 0 Å². The number of hydrogen-bond donors (Lipinski definition) is 0. The number of ether oxygens (including phenoxy) is 1. The van der Waals surface area contributed by atoms with E-state index in [-0.39, 0.29) is 11.2 Å². The van der Waals surface area contributed by atoms with Crippen LogP contribution in [0.2, 0.25) is 0 Å². The molecule has 1 aromatic rings. The minimum absolute atomic E-state index is 0.0329. The molecule has 18 heavy (non-hydrogen) atoms. The molecule has 0 saturated carbocycles. The fraction of sp³-hybridized carbons (Fsp3) is 0.714. The van der Waals surface area contributed by atoms with Crippen LogP contribution >= 0.6 is 11.3 Å². The van der Waals surface area contributed by atoms with Gasteiger partial charge in [-0.15, -0.1) is 11.3 Å². The van der Waals surface area contributed by atoms with Gasteiger partial charge in [-0.1, -0.05) is 13.8 Å². The van der Waals surface area contributed by atoms with Crippen molar-refractivity contribution in [1.29, 1.82) is 0 Å². The smallest absolute Gasteiger partial charge is 0.175 e. The lowest BCUT2D eigenvalue weighted by atomic mass is 9.78. The molecule has 0 fully saturated rings. The number of ketones is 1. The van der Waals surface area contributed by atoms with Crippen molar-refractivity contribution in [1.82, 2.24) is 4.98 Å². The van der Waals surface area contributed by atoms with E-state index in [4.69, 9.17) is 4.74 Å². The van der Waals surface area contributed by atoms with Crippen molar-refractivity contribution >= 4 is 17.1 Å². The van der Waals surface area contributed by atoms with Gasteiger partial charge < -0.3 is 4.74 Å². The summed E-state index contributed by atoms with van der Waals surface area (Å²) < 4.78 is 5.72. The molecule has 1 aromatic heterocycles. The van der Waals surface area contributed by atoms with Gasteiger partial charge in [0.05, 0.1) is 10.6 Å². The topological polar surface area (TPSA) is 39.2 Å². The highest BCUT2D eigenvalue weighted by Crippen LogP contribution is 2.39. The molecule has 3 nitrogen and oxygen atoms in total. The van der Waals surface area contributed by atoms with E-state index in [0.29, 0.717) is 13.0 Å². The molecule has 0 atom stereocenters. The van der Waals surface area contributed by atoms with Gasteiger partial charge in [0, 0.05) is 13.0 Å². The van der Waals surface area contributed by atoms with Crippen LogP contribution in [0.4, 0.5) is 0 Å². The highest BCUT2D eigenvalue weighted by molar-refractivity contribution is 7.14. The third-order valence-corrected chi connectivity index (χ3v) is 4.70. The quantitative estimate of drug-likeness (QED) is 0.840. The Labute approximate surface area is 113 Å². The van der Waals surface area contributed by atoms with E-state index in [2.05, 4.69) is 18.8 Å². The van der Waals surface area contributed by atoms with E-state index in [9.17, 15) is 4.79 Å². The maximum Gasteiger partial charge on any atom is 0.175 e. The third-order valence-electron chi connectivity index (χ3n) is 3.26. The summed E-state index contributed by atoms with van der Waals surface area (Å²) in [6.07, 6.45) is 1.50. The molecular formula is C14H21NO2S. The number of fused-ring (bicyclic) bond motifs is 1. The van der Waals surface area contributed by atoms with Gasteiger partial charge in [0.2, 0.25) is 0 Å². The Hall–Kier alpha value is -0.740. The van der Waals surface area contributed by atoms with Gasteiger partial charge in [-0.25, -0.2) is 4.98 Å². The summed E-state index contributed by atoms with van der Waals surface area (Å²) in [6.45, 7) is 10.9. The molecule has 100 valence electrons. The summed E-state index contributed by atoms with van der Waals surface area (Å²) in [5.74, 6) is 0.234. The Morgan fingerprint density at radius 2 is 2.06 bits per heavy atom. The van der Waals surface area contributed by atoms with E-state index in [1.54, 1.807) is 0 Å². The molecule has 2 rings (SSSR count). The monoisotopic (exact) mass is 267 g/mol. The molecule has 1 aliphatic carbocycles. The number of thiazole rings is 1. The van der Waals surface area contributed by atoms with Crippen LogP contribution in [0.3, 0.4) is 0 Å². The van der Waals surface area contributed by atoms with Crippen LogP contribution in [0.15, 0.2) is 0 Å². The van der Waals surface area contributed by atoms with E-state index >= 15 is 0 Å². The van der Waals surface area contributed by atoms with Crippen LogP contribution < -0.4 is 0 Å². The maximum absolute atomic E-state index is 12.1. The highest BCUT2D eigenvalue weighted by atomic mass is 32.1. The zero-order chi connectivity index (χ0) is 13.6. The summed E-state index contributed by atoms with van der Waals surface area (Å²) >= 11 is 1.51. The van der Waals surface area contributed by atoms with Crippen LogP contribution in [0, 0.1) is 5.41 Å². The molecule has 1 aliphatic rings. The molecule has 0 amide bonds. The highest BCUT2D eigenvalue weighted by Gasteiger charge is 2.36. The van der Waals surface area contributed by atoms with Gasteiger partial charge in [-0.3, -0.25) is 4.79 Å². The van der Waals surface area contributed by atoms with E-state index in [1.807, 2.05) is 20.8 Å². The number of nitrogens with zero attached hydrogens (tertiary/aromatic N) is 1. The lowest BCUT2D eigenvalue weighted by molar-refractivity contribution is -0.0143. The van der Waals surface area contributed by atoms with Crippen molar-refractivity contribution in [2.24, 2.45) is 5.41 Å². The second kappa shape index (κ2) is 4.42. The lowest BCUT2D eigenvalue weighted by Gasteiger charge is -2.26. The average Bonchev–Trinajstić information content (AvgIpc) is 2.60. The largest absolute Gasteiger partial charge is 0.369 e. The Morgan fingerprint density at radius 3 is 2.67 bits per heavy atom. The summed E-state index contributed by atoms with van der Waals surface area (Å²) in [4.78, 5) is 17.6. The third kappa shape index (κ3) is 2.50. The van der Waals surface area contributed by atoms with Crippen LogP contribution in [0.25, 0.3) is 0 Å². The summed E-state index contributed by atoms with van der Waals surface area (Å²) in [6, 6.07) is 0. The molecule has 0 bridgehead atoms. The van der Waals surface area contributed by atoms with E-state index < -0.39 is 5.60 Å². The fourth-order valence-electron chi connectivity index (χ4n) is 2.40. The van der Waals surface area contributed by atoms with Crippen LogP contribution in [-0.4, -0.2) is 17.4 Å². The Kier molecular flexibility index (Phi) is 3.36. The van der Waals surface area contributed by atoms with Gasteiger partial charge in [0.15, 0.2) is 5.78 Å². The maximum atomic E-state index is 12.1. The Balaban J connectivity index is 2.38. The first-order valence-electron chi connectivity index (χ1n) is 6.42. The fourth-order valence-corrected chi connectivity index (χ4v) is 3.48. The first-order chi connectivity index (χ1) is 8.25. The molecular weight excluding hydrogens is 246 g/mol. The zero-order valence-corrected chi connectivity index (χ0v) is 12.6. The molecule has 0 aliphatic heterocycles. The van der Waals surface area contributed by atoms with Crippen LogP contribution in [0.1, 0.15) is 61.4 Å². The second-order valence-electron chi connectivity index (χ2n) is 6.18. The predicted octanol–water partition coefficient (Wildman–Crippen LogP) is 3.57. The number of hydrogen-bond acceptors (Lipinski definition) is 4. The standard InChI is InChI=1S/C14H21NO2S/c1-6-17-14(4,5)12-15-9-7-13(2,3)8-10(16)11(9)18-12/h6-8H2,1-5H3. The average molecular weight is 267 g/mol. The summed E-state index contributed by atoms with van der Waals surface area (Å²) in [7, 11) is 0. The first-order valence-corrected chi connectivity index (χ1v) is 7.24. The molecule has 0 radical (unpaired) electrons. The van der Waals surface area contributed by atoms with Gasteiger partial charge in [-0.2, -0.15) is 0 Å². The van der Waals surface area contributed by atoms with Crippen molar-refractivity contribution < 1.29 is 9.53 Å². The number of Topliss-reactive ketones (excluding diaryl/α,β-unsaturated/α-hetero) is 1. The Bertz CT molecular complexity index is 474. The zero-order valence-electron chi connectivity index (χ0n) is 11.8. The van der Waals surface area contributed by atoms with Gasteiger partial charge in [-0.05, 0) is 32.6 Å². The molecule has 1 heterocycles. The molecule has 0 spiro atoms. The minimum Gasteiger partial charge on any atom is -0.369 e. The predicted molar refractivity (Wildman–Crippen MR) is 73.2 cm³/mol. The number of carbonyl (C=O) groups is 1. The van der Waals surface area contributed by atoms with Crippen molar-refractivity contribution in [2.45, 2.75) is 53.1 Å². The van der Waals surface area contributed by atoms with Gasteiger partial charge >= 0.3 is 0 Å². The SMILES string of the molecule is CCOC(C)(C)c1nc2c(s1)C(=O)CC(C)(C)C2. The van der Waals surface area contributed by atoms with Gasteiger partial charge in [0.25, 0.3) is 0 Å². The molecule has 0 unspecified atom stereocenters. The minimum atomic E-state index is -0.402. The number of carbonyl (C=O) groups excluding carboxylic acids is 1. The second-order valence-corrected chi connectivity index (χ2v) is 7.18. The Morgan fingerprint density at radius 1 is 1.39 bits per heavy atom. The van der Waals surface area contributed by atoms with E-state index in [1.165, 1.54) is 11.3 Å². The van der Waals surface area contributed by atoms with Crippen molar-refractivity contribution in [3.8, 4) is 0 Å². The molecule has 0 N–H and O–H groups in total. The number of aromatic nitrogens is 1. The van der Waals surface area contributed by atoms with Crippen molar-refractivity contribution in [3.05, 3.63) is 15.6 Å². The number of rotatable bonds is 3. The van der Waals surface area contributed by atoms with Crippen LogP contribution in [0.5, 0.6) is 0 Å². The lowest BCUT2D eigenvalue weighted by Crippen LogP contribution is -2.26. The molecule has 4 heteroatoms.